The molecule has 0 bridgehead atoms. The van der Waals surface area contributed by atoms with Crippen LogP contribution < -0.4 is 9.47 Å². The number of carbonyl (C=O) groups excluding carboxylic acids is 2. The highest BCUT2D eigenvalue weighted by Gasteiger charge is 2.16. The molecule has 0 aliphatic carbocycles. The van der Waals surface area contributed by atoms with Crippen LogP contribution >= 0.6 is 23.2 Å². The lowest BCUT2D eigenvalue weighted by molar-refractivity contribution is 0.0600. The van der Waals surface area contributed by atoms with Crippen LogP contribution in [-0.2, 0) is 4.74 Å². The van der Waals surface area contributed by atoms with Gasteiger partial charge in [-0.05, 0) is 53.9 Å². The van der Waals surface area contributed by atoms with Crippen LogP contribution in [0.4, 0.5) is 0 Å². The Labute approximate surface area is 171 Å². The Hall–Kier alpha value is -2.76. The first kappa shape index (κ1) is 20.0. The average Bonchev–Trinajstić information content (AvgIpc) is 2.70. The molecular weight excluding hydrogens is 403 g/mol. The molecule has 0 saturated heterocycles. The summed E-state index contributed by atoms with van der Waals surface area (Å²) in [5.41, 5.74) is 0.739. The van der Waals surface area contributed by atoms with Crippen molar-refractivity contribution in [2.45, 2.75) is 0 Å². The van der Waals surface area contributed by atoms with E-state index in [0.29, 0.717) is 37.9 Å². The Bertz CT molecular complexity index is 1040. The number of Topliss-reactive ketones (excluding diaryl/α,β-unsaturated/α-hetero) is 1. The third-order valence-corrected chi connectivity index (χ3v) is 4.64. The minimum atomic E-state index is -0.538. The summed E-state index contributed by atoms with van der Waals surface area (Å²) in [6.07, 6.45) is 0. The Morgan fingerprint density at radius 2 is 1.64 bits per heavy atom. The van der Waals surface area contributed by atoms with Gasteiger partial charge < -0.3 is 14.2 Å². The van der Waals surface area contributed by atoms with Crippen LogP contribution in [0.3, 0.4) is 0 Å². The third-order valence-electron chi connectivity index (χ3n) is 4.12. The quantitative estimate of drug-likeness (QED) is 0.406. The molecule has 0 aliphatic heterocycles. The van der Waals surface area contributed by atoms with Gasteiger partial charge in [0.15, 0.2) is 12.4 Å². The standard InChI is InChI=1S/C21H16Cl2O5/c1-26-16-5-3-12(4-6-16)18(24)11-28-19-9-14(21(25)27-2)7-13-8-15(22)10-17(23)20(13)19/h3-10H,11H2,1-2H3. The maximum Gasteiger partial charge on any atom is 0.338 e. The largest absolute Gasteiger partial charge is 0.497 e. The second kappa shape index (κ2) is 8.50. The average molecular weight is 419 g/mol. The van der Waals surface area contributed by atoms with Gasteiger partial charge in [0.25, 0.3) is 0 Å². The lowest BCUT2D eigenvalue weighted by Crippen LogP contribution is -2.12. The highest BCUT2D eigenvalue weighted by Crippen LogP contribution is 2.36. The van der Waals surface area contributed by atoms with E-state index in [9.17, 15) is 9.59 Å². The minimum Gasteiger partial charge on any atom is -0.497 e. The van der Waals surface area contributed by atoms with Gasteiger partial charge in [0.05, 0.1) is 24.8 Å². The molecule has 0 spiro atoms. The molecule has 0 atom stereocenters. The smallest absolute Gasteiger partial charge is 0.338 e. The van der Waals surface area contributed by atoms with Crippen LogP contribution in [0.15, 0.2) is 48.5 Å². The lowest BCUT2D eigenvalue weighted by atomic mass is 10.1. The summed E-state index contributed by atoms with van der Waals surface area (Å²) in [6.45, 7) is -0.231. The van der Waals surface area contributed by atoms with Crippen LogP contribution in [0, 0.1) is 0 Å². The molecule has 0 radical (unpaired) electrons. The van der Waals surface area contributed by atoms with Crippen molar-refractivity contribution in [2.75, 3.05) is 20.8 Å². The Kier molecular flexibility index (Phi) is 6.07. The van der Waals surface area contributed by atoms with Gasteiger partial charge in [0, 0.05) is 16.0 Å². The molecule has 3 aromatic rings. The van der Waals surface area contributed by atoms with Crippen LogP contribution in [0.5, 0.6) is 11.5 Å². The van der Waals surface area contributed by atoms with Crippen molar-refractivity contribution in [3.05, 3.63) is 69.7 Å². The molecule has 5 nitrogen and oxygen atoms in total. The fourth-order valence-corrected chi connectivity index (χ4v) is 3.35. The maximum absolute atomic E-state index is 12.5. The molecule has 0 unspecified atom stereocenters. The summed E-state index contributed by atoms with van der Waals surface area (Å²) in [7, 11) is 2.83. The van der Waals surface area contributed by atoms with E-state index >= 15 is 0 Å². The van der Waals surface area contributed by atoms with Crippen LogP contribution in [-0.4, -0.2) is 32.6 Å². The highest BCUT2D eigenvalue weighted by molar-refractivity contribution is 6.39. The molecule has 0 fully saturated rings. The molecule has 0 amide bonds. The second-order valence-electron chi connectivity index (χ2n) is 5.89. The van der Waals surface area contributed by atoms with Crippen molar-refractivity contribution in [3.63, 3.8) is 0 Å². The SMILES string of the molecule is COC(=O)c1cc(OCC(=O)c2ccc(OC)cc2)c2c(Cl)cc(Cl)cc2c1. The second-order valence-corrected chi connectivity index (χ2v) is 6.74. The fraction of sp³-hybridized carbons (Fsp3) is 0.143. The van der Waals surface area contributed by atoms with Crippen molar-refractivity contribution >= 4 is 45.7 Å². The molecular formula is C21H16Cl2O5. The van der Waals surface area contributed by atoms with Crippen LogP contribution in [0.25, 0.3) is 10.8 Å². The molecule has 3 aromatic carbocycles. The molecule has 0 heterocycles. The van der Waals surface area contributed by atoms with Crippen LogP contribution in [0.2, 0.25) is 10.0 Å². The van der Waals surface area contributed by atoms with E-state index < -0.39 is 5.97 Å². The number of halogens is 2. The number of rotatable bonds is 6. The van der Waals surface area contributed by atoms with Crippen molar-refractivity contribution in [1.82, 2.24) is 0 Å². The number of esters is 1. The van der Waals surface area contributed by atoms with Crippen molar-refractivity contribution in [2.24, 2.45) is 0 Å². The molecule has 0 saturated carbocycles. The van der Waals surface area contributed by atoms with Gasteiger partial charge in [0.1, 0.15) is 11.5 Å². The van der Waals surface area contributed by atoms with Gasteiger partial charge in [0.2, 0.25) is 0 Å². The lowest BCUT2D eigenvalue weighted by Gasteiger charge is -2.13. The molecule has 0 aromatic heterocycles. The van der Waals surface area contributed by atoms with Gasteiger partial charge in [-0.3, -0.25) is 4.79 Å². The summed E-state index contributed by atoms with van der Waals surface area (Å²) >= 11 is 12.4. The van der Waals surface area contributed by atoms with E-state index in [0.717, 1.165) is 0 Å². The first-order valence-electron chi connectivity index (χ1n) is 8.24. The molecule has 28 heavy (non-hydrogen) atoms. The third kappa shape index (κ3) is 4.21. The number of hydrogen-bond donors (Lipinski definition) is 0. The first-order chi connectivity index (χ1) is 13.4. The van der Waals surface area contributed by atoms with Gasteiger partial charge >= 0.3 is 5.97 Å². The zero-order chi connectivity index (χ0) is 20.3. The van der Waals surface area contributed by atoms with Gasteiger partial charge in [-0.25, -0.2) is 4.79 Å². The number of ketones is 1. The van der Waals surface area contributed by atoms with E-state index in [1.165, 1.54) is 13.2 Å². The summed E-state index contributed by atoms with van der Waals surface area (Å²) in [4.78, 5) is 24.4. The first-order valence-corrected chi connectivity index (χ1v) is 8.99. The van der Waals surface area contributed by atoms with Gasteiger partial charge in [-0.1, -0.05) is 23.2 Å². The van der Waals surface area contributed by atoms with Gasteiger partial charge in [-0.15, -0.1) is 0 Å². The number of benzene rings is 3. The predicted octanol–water partition coefficient (Wildman–Crippen LogP) is 5.20. The monoisotopic (exact) mass is 418 g/mol. The number of fused-ring (bicyclic) bond motifs is 1. The molecule has 144 valence electrons. The van der Waals surface area contributed by atoms with Crippen molar-refractivity contribution in [3.8, 4) is 11.5 Å². The van der Waals surface area contributed by atoms with E-state index in [1.54, 1.807) is 49.6 Å². The van der Waals surface area contributed by atoms with Gasteiger partial charge in [-0.2, -0.15) is 0 Å². The van der Waals surface area contributed by atoms with E-state index in [4.69, 9.17) is 37.4 Å². The summed E-state index contributed by atoms with van der Waals surface area (Å²) < 4.78 is 15.6. The Morgan fingerprint density at radius 1 is 0.929 bits per heavy atom. The fourth-order valence-electron chi connectivity index (χ4n) is 2.74. The molecule has 0 N–H and O–H groups in total. The predicted molar refractivity (Wildman–Crippen MR) is 108 cm³/mol. The highest BCUT2D eigenvalue weighted by atomic mass is 35.5. The number of carbonyl (C=O) groups is 2. The summed E-state index contributed by atoms with van der Waals surface area (Å²) in [6, 6.07) is 13.0. The topological polar surface area (TPSA) is 61.8 Å². The summed E-state index contributed by atoms with van der Waals surface area (Å²) in [5.74, 6) is 0.174. The van der Waals surface area contributed by atoms with E-state index in [-0.39, 0.29) is 18.0 Å². The zero-order valence-corrected chi connectivity index (χ0v) is 16.6. The van der Waals surface area contributed by atoms with Crippen molar-refractivity contribution in [1.29, 1.82) is 0 Å². The Balaban J connectivity index is 1.94. The maximum atomic E-state index is 12.5. The minimum absolute atomic E-state index is 0.231. The summed E-state index contributed by atoms with van der Waals surface area (Å²) in [5, 5.41) is 1.93. The Morgan fingerprint density at radius 3 is 2.29 bits per heavy atom. The number of ether oxygens (including phenoxy) is 3. The van der Waals surface area contributed by atoms with Crippen LogP contribution in [0.1, 0.15) is 20.7 Å². The van der Waals surface area contributed by atoms with Crippen molar-refractivity contribution < 1.29 is 23.8 Å². The molecule has 7 heteroatoms. The molecule has 3 rings (SSSR count). The normalized spacial score (nSPS) is 10.6. The zero-order valence-electron chi connectivity index (χ0n) is 15.1. The van der Waals surface area contributed by atoms with E-state index in [1.807, 2.05) is 0 Å². The number of hydrogen-bond acceptors (Lipinski definition) is 5. The molecule has 0 aliphatic rings. The number of methoxy groups -OCH3 is 2. The van der Waals surface area contributed by atoms with E-state index in [2.05, 4.69) is 0 Å².